The summed E-state index contributed by atoms with van der Waals surface area (Å²) in [7, 11) is 0. The molecule has 2 heterocycles. The molecule has 0 bridgehead atoms. The number of hydrogen-bond acceptors (Lipinski definition) is 4. The second-order valence-corrected chi connectivity index (χ2v) is 3.21. The minimum atomic E-state index is 0.420. The van der Waals surface area contributed by atoms with Crippen molar-refractivity contribution < 1.29 is 0 Å². The number of hydrogen-bond donors (Lipinski definition) is 1. The van der Waals surface area contributed by atoms with Crippen molar-refractivity contribution in [2.75, 3.05) is 0 Å². The van der Waals surface area contributed by atoms with Gasteiger partial charge in [0.25, 0.3) is 0 Å². The minimum Gasteiger partial charge on any atom is -0.325 e. The summed E-state index contributed by atoms with van der Waals surface area (Å²) in [6.45, 7) is 2.27. The van der Waals surface area contributed by atoms with Crippen molar-refractivity contribution in [3.8, 4) is 11.4 Å². The Balaban J connectivity index is 2.49. The molecule has 0 unspecified atom stereocenters. The lowest BCUT2D eigenvalue weighted by atomic mass is 10.2. The number of rotatable bonds is 2. The Labute approximate surface area is 88.2 Å². The third kappa shape index (κ3) is 2.16. The predicted molar refractivity (Wildman–Crippen MR) is 57.9 cm³/mol. The van der Waals surface area contributed by atoms with Crippen molar-refractivity contribution in [1.82, 2.24) is 15.0 Å². The molecule has 0 spiro atoms. The fraction of sp³-hybridized carbons (Fsp3) is 0.182. The van der Waals surface area contributed by atoms with Gasteiger partial charge in [0.05, 0.1) is 17.1 Å². The van der Waals surface area contributed by atoms with E-state index >= 15 is 0 Å². The topological polar surface area (TPSA) is 64.7 Å². The van der Waals surface area contributed by atoms with E-state index in [0.717, 1.165) is 22.9 Å². The zero-order chi connectivity index (χ0) is 10.7. The van der Waals surface area contributed by atoms with Gasteiger partial charge >= 0.3 is 0 Å². The quantitative estimate of drug-likeness (QED) is 0.793. The van der Waals surface area contributed by atoms with E-state index in [1.165, 1.54) is 0 Å². The van der Waals surface area contributed by atoms with Gasteiger partial charge in [0.1, 0.15) is 5.82 Å². The molecule has 0 radical (unpaired) electrons. The average Bonchev–Trinajstić information content (AvgIpc) is 2.29. The van der Waals surface area contributed by atoms with Gasteiger partial charge in [0.2, 0.25) is 0 Å². The van der Waals surface area contributed by atoms with Crippen molar-refractivity contribution in [2.24, 2.45) is 5.73 Å². The van der Waals surface area contributed by atoms with Gasteiger partial charge in [0.15, 0.2) is 0 Å². The Morgan fingerprint density at radius 3 is 2.73 bits per heavy atom. The second kappa shape index (κ2) is 4.14. The molecule has 0 amide bonds. The zero-order valence-electron chi connectivity index (χ0n) is 8.51. The summed E-state index contributed by atoms with van der Waals surface area (Å²) in [5, 5.41) is 0. The largest absolute Gasteiger partial charge is 0.325 e. The number of nitrogens with two attached hydrogens (primary N) is 1. The molecule has 0 atom stereocenters. The molecule has 2 N–H and O–H groups in total. The van der Waals surface area contributed by atoms with E-state index in [1.54, 1.807) is 6.20 Å². The maximum Gasteiger partial charge on any atom is 0.126 e. The molecule has 0 aliphatic carbocycles. The number of nitrogens with zero attached hydrogens (tertiary/aromatic N) is 3. The van der Waals surface area contributed by atoms with Crippen LogP contribution in [-0.2, 0) is 6.54 Å². The fourth-order valence-electron chi connectivity index (χ4n) is 1.38. The van der Waals surface area contributed by atoms with Gasteiger partial charge in [-0.15, -0.1) is 0 Å². The van der Waals surface area contributed by atoms with Crippen molar-refractivity contribution in [3.05, 3.63) is 42.0 Å². The maximum absolute atomic E-state index is 5.55. The molecule has 2 aromatic heterocycles. The highest BCUT2D eigenvalue weighted by atomic mass is 14.9. The Bertz CT molecular complexity index is 453. The lowest BCUT2D eigenvalue weighted by Gasteiger charge is -2.03. The van der Waals surface area contributed by atoms with Crippen LogP contribution < -0.4 is 5.73 Å². The molecule has 0 fully saturated rings. The first-order valence-corrected chi connectivity index (χ1v) is 4.75. The van der Waals surface area contributed by atoms with E-state index < -0.39 is 0 Å². The van der Waals surface area contributed by atoms with Crippen LogP contribution in [0.2, 0.25) is 0 Å². The van der Waals surface area contributed by atoms with Crippen LogP contribution in [0.1, 0.15) is 11.5 Å². The lowest BCUT2D eigenvalue weighted by molar-refractivity contribution is 0.927. The van der Waals surface area contributed by atoms with Crippen LogP contribution in [0, 0.1) is 6.92 Å². The Kier molecular flexibility index (Phi) is 2.69. The second-order valence-electron chi connectivity index (χ2n) is 3.21. The van der Waals surface area contributed by atoms with E-state index in [4.69, 9.17) is 5.73 Å². The summed E-state index contributed by atoms with van der Waals surface area (Å²) in [4.78, 5) is 12.8. The van der Waals surface area contributed by atoms with E-state index in [0.29, 0.717) is 6.54 Å². The summed E-state index contributed by atoms with van der Waals surface area (Å²) >= 11 is 0. The molecule has 4 nitrogen and oxygen atoms in total. The molecule has 4 heteroatoms. The molecule has 0 aliphatic rings. The third-order valence-electron chi connectivity index (χ3n) is 2.03. The van der Waals surface area contributed by atoms with E-state index in [1.807, 2.05) is 31.2 Å². The van der Waals surface area contributed by atoms with E-state index in [-0.39, 0.29) is 0 Å². The van der Waals surface area contributed by atoms with Gasteiger partial charge in [-0.2, -0.15) is 0 Å². The molecule has 0 aromatic carbocycles. The van der Waals surface area contributed by atoms with Crippen LogP contribution in [0.5, 0.6) is 0 Å². The standard InChI is InChI=1S/C11H12N4/c1-8-14-9(7-12)6-11(15-8)10-4-2-3-5-13-10/h2-6H,7,12H2,1H3. The first-order valence-electron chi connectivity index (χ1n) is 4.75. The summed E-state index contributed by atoms with van der Waals surface area (Å²) in [6, 6.07) is 7.60. The molecule has 0 saturated heterocycles. The molecule has 2 rings (SSSR count). The van der Waals surface area contributed by atoms with Gasteiger partial charge in [0, 0.05) is 12.7 Å². The smallest absolute Gasteiger partial charge is 0.126 e. The molecule has 15 heavy (non-hydrogen) atoms. The van der Waals surface area contributed by atoms with Crippen molar-refractivity contribution in [2.45, 2.75) is 13.5 Å². The SMILES string of the molecule is Cc1nc(CN)cc(-c2ccccn2)n1. The molecule has 2 aromatic rings. The third-order valence-corrected chi connectivity index (χ3v) is 2.03. The summed E-state index contributed by atoms with van der Waals surface area (Å²) in [5.74, 6) is 0.721. The average molecular weight is 200 g/mol. The normalized spacial score (nSPS) is 10.3. The van der Waals surface area contributed by atoms with Gasteiger partial charge in [-0.05, 0) is 25.1 Å². The lowest BCUT2D eigenvalue weighted by Crippen LogP contribution is -2.03. The van der Waals surface area contributed by atoms with E-state index in [9.17, 15) is 0 Å². The maximum atomic E-state index is 5.55. The summed E-state index contributed by atoms with van der Waals surface area (Å²) in [5.41, 5.74) is 8.06. The van der Waals surface area contributed by atoms with Crippen molar-refractivity contribution in [3.63, 3.8) is 0 Å². The van der Waals surface area contributed by atoms with Crippen molar-refractivity contribution >= 4 is 0 Å². The molecule has 0 saturated carbocycles. The number of pyridine rings is 1. The highest BCUT2D eigenvalue weighted by Gasteiger charge is 2.03. The zero-order valence-corrected chi connectivity index (χ0v) is 8.51. The predicted octanol–water partition coefficient (Wildman–Crippen LogP) is 1.31. The Morgan fingerprint density at radius 2 is 2.07 bits per heavy atom. The molecular weight excluding hydrogens is 188 g/mol. The van der Waals surface area contributed by atoms with Crippen LogP contribution in [0.25, 0.3) is 11.4 Å². The van der Waals surface area contributed by atoms with Gasteiger partial charge in [-0.1, -0.05) is 6.07 Å². The molecule has 0 aliphatic heterocycles. The van der Waals surface area contributed by atoms with Crippen LogP contribution in [-0.4, -0.2) is 15.0 Å². The highest BCUT2D eigenvalue weighted by molar-refractivity contribution is 5.53. The van der Waals surface area contributed by atoms with Crippen LogP contribution in [0.3, 0.4) is 0 Å². The Morgan fingerprint density at radius 1 is 1.20 bits per heavy atom. The first-order chi connectivity index (χ1) is 7.29. The van der Waals surface area contributed by atoms with E-state index in [2.05, 4.69) is 15.0 Å². The highest BCUT2D eigenvalue weighted by Crippen LogP contribution is 2.14. The Hall–Kier alpha value is -1.81. The fourth-order valence-corrected chi connectivity index (χ4v) is 1.38. The number of aromatic nitrogens is 3. The van der Waals surface area contributed by atoms with Gasteiger partial charge in [-0.3, -0.25) is 4.98 Å². The van der Waals surface area contributed by atoms with Crippen molar-refractivity contribution in [1.29, 1.82) is 0 Å². The minimum absolute atomic E-state index is 0.420. The number of aryl methyl sites for hydroxylation is 1. The van der Waals surface area contributed by atoms with Gasteiger partial charge in [-0.25, -0.2) is 9.97 Å². The molecule has 76 valence electrons. The summed E-state index contributed by atoms with van der Waals surface area (Å²) in [6.07, 6.45) is 1.74. The van der Waals surface area contributed by atoms with Gasteiger partial charge < -0.3 is 5.73 Å². The monoisotopic (exact) mass is 200 g/mol. The van der Waals surface area contributed by atoms with Crippen LogP contribution in [0.4, 0.5) is 0 Å². The van der Waals surface area contributed by atoms with Crippen LogP contribution in [0.15, 0.2) is 30.5 Å². The first kappa shape index (κ1) is 9.73. The molecular formula is C11H12N4. The van der Waals surface area contributed by atoms with Crippen LogP contribution >= 0.6 is 0 Å². The summed E-state index contributed by atoms with van der Waals surface area (Å²) < 4.78 is 0.